The fourth-order valence-corrected chi connectivity index (χ4v) is 2.37. The quantitative estimate of drug-likeness (QED) is 0.829. The van der Waals surface area contributed by atoms with Gasteiger partial charge in [0.05, 0.1) is 6.20 Å². The first-order valence-electron chi connectivity index (χ1n) is 6.12. The van der Waals surface area contributed by atoms with Gasteiger partial charge in [-0.3, -0.25) is 4.79 Å². The topological polar surface area (TPSA) is 49.0 Å². The number of aryl methyl sites for hydroxylation is 1. The van der Waals surface area contributed by atoms with Gasteiger partial charge in [0.1, 0.15) is 11.5 Å². The summed E-state index contributed by atoms with van der Waals surface area (Å²) < 4.78 is 0. The Balaban J connectivity index is 1.82. The van der Waals surface area contributed by atoms with Crippen LogP contribution in [-0.2, 0) is 13.0 Å². The van der Waals surface area contributed by atoms with Crippen LogP contribution < -0.4 is 0 Å². The number of aromatic nitrogens is 2. The van der Waals surface area contributed by atoms with Crippen LogP contribution in [0.2, 0.25) is 0 Å². The Bertz CT molecular complexity index is 588. The highest BCUT2D eigenvalue weighted by molar-refractivity contribution is 5.92. The van der Waals surface area contributed by atoms with Crippen molar-refractivity contribution in [2.45, 2.75) is 19.9 Å². The molecule has 2 heterocycles. The Morgan fingerprint density at radius 3 is 2.83 bits per heavy atom. The Labute approximate surface area is 106 Å². The number of benzene rings is 1. The van der Waals surface area contributed by atoms with E-state index in [-0.39, 0.29) is 5.91 Å². The summed E-state index contributed by atoms with van der Waals surface area (Å²) in [6.45, 7) is 3.31. The van der Waals surface area contributed by atoms with Crippen LogP contribution in [0.3, 0.4) is 0 Å². The van der Waals surface area contributed by atoms with Gasteiger partial charge in [-0.05, 0) is 24.5 Å². The van der Waals surface area contributed by atoms with Gasteiger partial charge in [0.2, 0.25) is 0 Å². The summed E-state index contributed by atoms with van der Waals surface area (Å²) in [6.07, 6.45) is 2.53. The standard InChI is InChI=1S/C14H15N3O/c1-10-15-8-13(16-10)14(18)17-7-6-11-4-2-3-5-12(11)9-17/h2-5,8H,6-7,9H2,1H3,(H,15,16). The maximum Gasteiger partial charge on any atom is 0.272 e. The van der Waals surface area contributed by atoms with Crippen LogP contribution in [0.4, 0.5) is 0 Å². The van der Waals surface area contributed by atoms with Crippen molar-refractivity contribution in [3.8, 4) is 0 Å². The Hall–Kier alpha value is -2.10. The van der Waals surface area contributed by atoms with E-state index in [0.29, 0.717) is 12.2 Å². The molecule has 0 radical (unpaired) electrons. The van der Waals surface area contributed by atoms with E-state index in [4.69, 9.17) is 0 Å². The first-order valence-corrected chi connectivity index (χ1v) is 6.12. The van der Waals surface area contributed by atoms with Gasteiger partial charge in [0.15, 0.2) is 0 Å². The van der Waals surface area contributed by atoms with Gasteiger partial charge in [0.25, 0.3) is 5.91 Å². The number of rotatable bonds is 1. The molecular weight excluding hydrogens is 226 g/mol. The highest BCUT2D eigenvalue weighted by Crippen LogP contribution is 2.19. The second-order valence-electron chi connectivity index (χ2n) is 4.63. The molecular formula is C14H15N3O. The largest absolute Gasteiger partial charge is 0.338 e. The minimum absolute atomic E-state index is 0.0325. The van der Waals surface area contributed by atoms with E-state index in [1.54, 1.807) is 6.20 Å². The highest BCUT2D eigenvalue weighted by Gasteiger charge is 2.22. The molecule has 0 aliphatic carbocycles. The zero-order valence-electron chi connectivity index (χ0n) is 10.3. The monoisotopic (exact) mass is 241 g/mol. The molecule has 3 rings (SSSR count). The average Bonchev–Trinajstić information content (AvgIpc) is 2.84. The maximum absolute atomic E-state index is 12.3. The van der Waals surface area contributed by atoms with Crippen molar-refractivity contribution in [3.63, 3.8) is 0 Å². The van der Waals surface area contributed by atoms with E-state index in [1.807, 2.05) is 17.9 Å². The molecule has 1 aromatic heterocycles. The van der Waals surface area contributed by atoms with Crippen LogP contribution in [0.15, 0.2) is 30.5 Å². The molecule has 0 saturated carbocycles. The molecule has 1 aliphatic heterocycles. The molecule has 0 saturated heterocycles. The third kappa shape index (κ3) is 1.90. The van der Waals surface area contributed by atoms with Gasteiger partial charge in [-0.2, -0.15) is 0 Å². The summed E-state index contributed by atoms with van der Waals surface area (Å²) in [7, 11) is 0. The Morgan fingerprint density at radius 2 is 2.11 bits per heavy atom. The van der Waals surface area contributed by atoms with Gasteiger partial charge in [-0.15, -0.1) is 0 Å². The number of nitrogens with zero attached hydrogens (tertiary/aromatic N) is 2. The Morgan fingerprint density at radius 1 is 1.33 bits per heavy atom. The molecule has 1 aliphatic rings. The zero-order chi connectivity index (χ0) is 12.5. The second-order valence-corrected chi connectivity index (χ2v) is 4.63. The molecule has 0 unspecified atom stereocenters. The molecule has 1 amide bonds. The fraction of sp³-hybridized carbons (Fsp3) is 0.286. The van der Waals surface area contributed by atoms with E-state index in [1.165, 1.54) is 11.1 Å². The summed E-state index contributed by atoms with van der Waals surface area (Å²) in [4.78, 5) is 21.2. The van der Waals surface area contributed by atoms with Crippen molar-refractivity contribution >= 4 is 5.91 Å². The molecule has 4 nitrogen and oxygen atoms in total. The predicted octanol–water partition coefficient (Wildman–Crippen LogP) is 1.92. The van der Waals surface area contributed by atoms with E-state index >= 15 is 0 Å². The molecule has 1 aromatic carbocycles. The molecule has 0 spiro atoms. The second kappa shape index (κ2) is 4.29. The highest BCUT2D eigenvalue weighted by atomic mass is 16.2. The van der Waals surface area contributed by atoms with Crippen molar-refractivity contribution in [1.29, 1.82) is 0 Å². The van der Waals surface area contributed by atoms with Gasteiger partial charge >= 0.3 is 0 Å². The van der Waals surface area contributed by atoms with Crippen LogP contribution >= 0.6 is 0 Å². The number of H-pyrrole nitrogens is 1. The molecule has 92 valence electrons. The van der Waals surface area contributed by atoms with E-state index in [2.05, 4.69) is 28.2 Å². The SMILES string of the molecule is Cc1ncc(C(=O)N2CCc3ccccc3C2)[nH]1. The smallest absolute Gasteiger partial charge is 0.272 e. The normalized spacial score (nSPS) is 14.4. The van der Waals surface area contributed by atoms with Crippen LogP contribution in [0.1, 0.15) is 27.4 Å². The summed E-state index contributed by atoms with van der Waals surface area (Å²) >= 11 is 0. The molecule has 0 fully saturated rings. The summed E-state index contributed by atoms with van der Waals surface area (Å²) in [6, 6.07) is 8.30. The number of nitrogens with one attached hydrogen (secondary N) is 1. The number of fused-ring (bicyclic) bond motifs is 1. The van der Waals surface area contributed by atoms with Crippen molar-refractivity contribution in [1.82, 2.24) is 14.9 Å². The molecule has 2 aromatic rings. The van der Waals surface area contributed by atoms with Crippen LogP contribution in [-0.4, -0.2) is 27.3 Å². The van der Waals surface area contributed by atoms with Crippen molar-refractivity contribution in [2.24, 2.45) is 0 Å². The number of carbonyl (C=O) groups excluding carboxylic acids is 1. The maximum atomic E-state index is 12.3. The van der Waals surface area contributed by atoms with Crippen LogP contribution in [0.5, 0.6) is 0 Å². The molecule has 4 heteroatoms. The van der Waals surface area contributed by atoms with E-state index in [0.717, 1.165) is 18.8 Å². The lowest BCUT2D eigenvalue weighted by Gasteiger charge is -2.28. The number of imidazole rings is 1. The fourth-order valence-electron chi connectivity index (χ4n) is 2.37. The van der Waals surface area contributed by atoms with Gasteiger partial charge in [-0.25, -0.2) is 4.98 Å². The minimum Gasteiger partial charge on any atom is -0.338 e. The van der Waals surface area contributed by atoms with Crippen molar-refractivity contribution < 1.29 is 4.79 Å². The summed E-state index contributed by atoms with van der Waals surface area (Å²) in [5, 5.41) is 0. The zero-order valence-corrected chi connectivity index (χ0v) is 10.3. The van der Waals surface area contributed by atoms with Crippen molar-refractivity contribution in [3.05, 3.63) is 53.1 Å². The molecule has 0 atom stereocenters. The number of carbonyl (C=O) groups is 1. The molecule has 1 N–H and O–H groups in total. The van der Waals surface area contributed by atoms with E-state index < -0.39 is 0 Å². The number of hydrogen-bond donors (Lipinski definition) is 1. The van der Waals surface area contributed by atoms with Gasteiger partial charge in [0, 0.05) is 13.1 Å². The van der Waals surface area contributed by atoms with Gasteiger partial charge in [-0.1, -0.05) is 24.3 Å². The summed E-state index contributed by atoms with van der Waals surface area (Å²) in [5.74, 6) is 0.806. The summed E-state index contributed by atoms with van der Waals surface area (Å²) in [5.41, 5.74) is 3.17. The Kier molecular flexibility index (Phi) is 2.63. The average molecular weight is 241 g/mol. The van der Waals surface area contributed by atoms with Crippen LogP contribution in [0, 0.1) is 6.92 Å². The predicted molar refractivity (Wildman–Crippen MR) is 68.2 cm³/mol. The lowest BCUT2D eigenvalue weighted by Crippen LogP contribution is -2.36. The van der Waals surface area contributed by atoms with Crippen molar-refractivity contribution in [2.75, 3.05) is 6.54 Å². The number of aromatic amines is 1. The minimum atomic E-state index is 0.0325. The van der Waals surface area contributed by atoms with Gasteiger partial charge < -0.3 is 9.88 Å². The first-order chi connectivity index (χ1) is 8.74. The molecule has 18 heavy (non-hydrogen) atoms. The first kappa shape index (κ1) is 11.0. The number of hydrogen-bond acceptors (Lipinski definition) is 2. The third-order valence-electron chi connectivity index (χ3n) is 3.35. The lowest BCUT2D eigenvalue weighted by atomic mass is 10.00. The lowest BCUT2D eigenvalue weighted by molar-refractivity contribution is 0.0729. The van der Waals surface area contributed by atoms with E-state index in [9.17, 15) is 4.79 Å². The third-order valence-corrected chi connectivity index (χ3v) is 3.35. The molecule has 0 bridgehead atoms. The van der Waals surface area contributed by atoms with Crippen LogP contribution in [0.25, 0.3) is 0 Å². The number of amides is 1.